The van der Waals surface area contributed by atoms with Crippen molar-refractivity contribution in [1.29, 1.82) is 0 Å². The molecule has 4 nitrogen and oxygen atoms in total. The first kappa shape index (κ1) is 16.7. The highest BCUT2D eigenvalue weighted by Crippen LogP contribution is 2.34. The molecule has 0 aromatic heterocycles. The number of hydrogen-bond acceptors (Lipinski definition) is 3. The Balaban J connectivity index is 2.30. The van der Waals surface area contributed by atoms with E-state index in [2.05, 4.69) is 24.1 Å². The van der Waals surface area contributed by atoms with Gasteiger partial charge in [-0.15, -0.1) is 0 Å². The van der Waals surface area contributed by atoms with Gasteiger partial charge < -0.3 is 15.1 Å². The average Bonchev–Trinajstić information content (AvgIpc) is 2.51. The number of halogens is 2. The molecule has 1 aromatic carbocycles. The van der Waals surface area contributed by atoms with Crippen molar-refractivity contribution in [2.24, 2.45) is 0 Å². The molecule has 22 heavy (non-hydrogen) atoms. The van der Waals surface area contributed by atoms with Crippen LogP contribution in [0.5, 0.6) is 0 Å². The molecular weight excluding hydrogens is 288 g/mol. The fourth-order valence-electron chi connectivity index (χ4n) is 2.72. The standard InChI is InChI=1S/C16H23F2N3O/c1-4-13-16(22)21(8-7-20(5-2)6-3)15-10-12(18)11(17)9-14(15)19-13/h9-10,13,19H,4-8H2,1-3H3. The van der Waals surface area contributed by atoms with Gasteiger partial charge in [0.1, 0.15) is 6.04 Å². The van der Waals surface area contributed by atoms with Gasteiger partial charge in [0.15, 0.2) is 11.6 Å². The van der Waals surface area contributed by atoms with E-state index in [1.807, 2.05) is 6.92 Å². The van der Waals surface area contributed by atoms with Crippen molar-refractivity contribution in [2.45, 2.75) is 33.2 Å². The first-order chi connectivity index (χ1) is 10.5. The van der Waals surface area contributed by atoms with Crippen molar-refractivity contribution in [2.75, 3.05) is 36.4 Å². The molecule has 1 aliphatic heterocycles. The zero-order valence-electron chi connectivity index (χ0n) is 13.3. The molecule has 0 bridgehead atoms. The van der Waals surface area contributed by atoms with Crippen molar-refractivity contribution in [3.63, 3.8) is 0 Å². The lowest BCUT2D eigenvalue weighted by atomic mass is 10.1. The van der Waals surface area contributed by atoms with Gasteiger partial charge >= 0.3 is 0 Å². The Hall–Kier alpha value is -1.69. The fourth-order valence-corrected chi connectivity index (χ4v) is 2.72. The van der Waals surface area contributed by atoms with Crippen LogP contribution < -0.4 is 10.2 Å². The summed E-state index contributed by atoms with van der Waals surface area (Å²) in [4.78, 5) is 16.3. The van der Waals surface area contributed by atoms with Crippen molar-refractivity contribution >= 4 is 17.3 Å². The first-order valence-corrected chi connectivity index (χ1v) is 7.81. The van der Waals surface area contributed by atoms with E-state index in [1.54, 1.807) is 4.90 Å². The van der Waals surface area contributed by atoms with Crippen molar-refractivity contribution in [1.82, 2.24) is 4.90 Å². The summed E-state index contributed by atoms with van der Waals surface area (Å²) < 4.78 is 27.0. The number of benzene rings is 1. The summed E-state index contributed by atoms with van der Waals surface area (Å²) in [7, 11) is 0. The van der Waals surface area contributed by atoms with Gasteiger partial charge in [0.25, 0.3) is 0 Å². The zero-order chi connectivity index (χ0) is 16.3. The maximum absolute atomic E-state index is 13.6. The van der Waals surface area contributed by atoms with Gasteiger partial charge in [-0.3, -0.25) is 4.79 Å². The number of nitrogens with one attached hydrogen (secondary N) is 1. The van der Waals surface area contributed by atoms with E-state index in [0.29, 0.717) is 30.9 Å². The fraction of sp³-hybridized carbons (Fsp3) is 0.562. The van der Waals surface area contributed by atoms with E-state index < -0.39 is 17.7 Å². The van der Waals surface area contributed by atoms with E-state index in [1.165, 1.54) is 0 Å². The Morgan fingerprint density at radius 1 is 1.18 bits per heavy atom. The molecule has 0 saturated carbocycles. The normalized spacial score (nSPS) is 17.6. The van der Waals surface area contributed by atoms with Crippen LogP contribution in [0.25, 0.3) is 0 Å². The van der Waals surface area contributed by atoms with Crippen LogP contribution in [-0.2, 0) is 4.79 Å². The van der Waals surface area contributed by atoms with Crippen LogP contribution in [0.15, 0.2) is 12.1 Å². The first-order valence-electron chi connectivity index (χ1n) is 7.81. The highest BCUT2D eigenvalue weighted by molar-refractivity contribution is 6.04. The summed E-state index contributed by atoms with van der Waals surface area (Å²) in [6, 6.07) is 1.84. The number of likely N-dealkylation sites (N-methyl/N-ethyl adjacent to an activating group) is 1. The number of carbonyl (C=O) groups excluding carboxylic acids is 1. The number of fused-ring (bicyclic) bond motifs is 1. The highest BCUT2D eigenvalue weighted by Gasteiger charge is 2.32. The largest absolute Gasteiger partial charge is 0.372 e. The van der Waals surface area contributed by atoms with Crippen LogP contribution in [0.1, 0.15) is 27.2 Å². The molecule has 6 heteroatoms. The molecule has 2 rings (SSSR count). The molecule has 0 spiro atoms. The highest BCUT2D eigenvalue weighted by atomic mass is 19.2. The lowest BCUT2D eigenvalue weighted by molar-refractivity contribution is -0.119. The van der Waals surface area contributed by atoms with Crippen molar-refractivity contribution in [3.8, 4) is 0 Å². The second kappa shape index (κ2) is 7.05. The van der Waals surface area contributed by atoms with Crippen LogP contribution in [0.2, 0.25) is 0 Å². The predicted molar refractivity (Wildman–Crippen MR) is 84.2 cm³/mol. The molecule has 1 N–H and O–H groups in total. The molecule has 0 aliphatic carbocycles. The van der Waals surface area contributed by atoms with Gasteiger partial charge in [-0.25, -0.2) is 8.78 Å². The Labute approximate surface area is 130 Å². The minimum Gasteiger partial charge on any atom is -0.372 e. The zero-order valence-corrected chi connectivity index (χ0v) is 13.3. The van der Waals surface area contributed by atoms with Crippen LogP contribution >= 0.6 is 0 Å². The van der Waals surface area contributed by atoms with E-state index >= 15 is 0 Å². The van der Waals surface area contributed by atoms with Gasteiger partial charge in [-0.05, 0) is 19.5 Å². The Kier molecular flexibility index (Phi) is 5.34. The number of rotatable bonds is 6. The molecule has 1 unspecified atom stereocenters. The molecule has 122 valence electrons. The maximum atomic E-state index is 13.6. The summed E-state index contributed by atoms with van der Waals surface area (Å²) >= 11 is 0. The predicted octanol–water partition coefficient (Wildman–Crippen LogP) is 2.84. The topological polar surface area (TPSA) is 35.6 Å². The molecule has 1 aromatic rings. The lowest BCUT2D eigenvalue weighted by Gasteiger charge is -2.36. The van der Waals surface area contributed by atoms with E-state index in [0.717, 1.165) is 25.2 Å². The SMILES string of the molecule is CCC1Nc2cc(F)c(F)cc2N(CCN(CC)CC)C1=O. The van der Waals surface area contributed by atoms with Crippen LogP contribution in [0, 0.1) is 11.6 Å². The second-order valence-corrected chi connectivity index (χ2v) is 5.41. The summed E-state index contributed by atoms with van der Waals surface area (Å²) in [6.45, 7) is 8.95. The van der Waals surface area contributed by atoms with Crippen LogP contribution in [-0.4, -0.2) is 43.0 Å². The number of hydrogen-bond donors (Lipinski definition) is 1. The number of carbonyl (C=O) groups is 1. The number of anilines is 2. The summed E-state index contributed by atoms with van der Waals surface area (Å²) in [5.74, 6) is -1.93. The molecule has 0 radical (unpaired) electrons. The maximum Gasteiger partial charge on any atom is 0.249 e. The molecule has 1 heterocycles. The molecule has 0 fully saturated rings. The van der Waals surface area contributed by atoms with Crippen LogP contribution in [0.3, 0.4) is 0 Å². The monoisotopic (exact) mass is 311 g/mol. The van der Waals surface area contributed by atoms with E-state index in [-0.39, 0.29) is 5.91 Å². The average molecular weight is 311 g/mol. The molecule has 1 amide bonds. The quantitative estimate of drug-likeness (QED) is 0.877. The molecule has 0 saturated heterocycles. The second-order valence-electron chi connectivity index (χ2n) is 5.41. The third-order valence-electron chi connectivity index (χ3n) is 4.17. The Morgan fingerprint density at radius 3 is 2.41 bits per heavy atom. The molecule has 1 aliphatic rings. The minimum atomic E-state index is -0.934. The number of amides is 1. The summed E-state index contributed by atoms with van der Waals surface area (Å²) in [5.41, 5.74) is 0.894. The molecule has 1 atom stereocenters. The third kappa shape index (κ3) is 3.21. The van der Waals surface area contributed by atoms with Crippen LogP contribution in [0.4, 0.5) is 20.2 Å². The summed E-state index contributed by atoms with van der Waals surface area (Å²) in [5, 5.41) is 3.00. The van der Waals surface area contributed by atoms with Gasteiger partial charge in [-0.2, -0.15) is 0 Å². The smallest absolute Gasteiger partial charge is 0.249 e. The van der Waals surface area contributed by atoms with Crippen molar-refractivity contribution in [3.05, 3.63) is 23.8 Å². The van der Waals surface area contributed by atoms with Gasteiger partial charge in [0.05, 0.1) is 11.4 Å². The number of nitrogens with zero attached hydrogens (tertiary/aromatic N) is 2. The third-order valence-corrected chi connectivity index (χ3v) is 4.17. The van der Waals surface area contributed by atoms with E-state index in [9.17, 15) is 13.6 Å². The Morgan fingerprint density at radius 2 is 1.82 bits per heavy atom. The lowest BCUT2D eigenvalue weighted by Crippen LogP contribution is -2.49. The molecular formula is C16H23F2N3O. The van der Waals surface area contributed by atoms with Crippen molar-refractivity contribution < 1.29 is 13.6 Å². The summed E-state index contributed by atoms with van der Waals surface area (Å²) in [6.07, 6.45) is 0.596. The van der Waals surface area contributed by atoms with E-state index in [4.69, 9.17) is 0 Å². The minimum absolute atomic E-state index is 0.0897. The van der Waals surface area contributed by atoms with Gasteiger partial charge in [-0.1, -0.05) is 20.8 Å². The van der Waals surface area contributed by atoms with Gasteiger partial charge in [0, 0.05) is 25.2 Å². The Bertz CT molecular complexity index is 546. The van der Waals surface area contributed by atoms with Gasteiger partial charge in [0.2, 0.25) is 5.91 Å².